The number of thiol groups is 1. The highest BCUT2D eigenvalue weighted by molar-refractivity contribution is 7.80. The number of allylic oxidation sites excluding steroid dienone is 5. The third-order valence-corrected chi connectivity index (χ3v) is 10.2. The van der Waals surface area contributed by atoms with Gasteiger partial charge in [-0.05, 0) is 115 Å². The lowest BCUT2D eigenvalue weighted by atomic mass is 9.94. The summed E-state index contributed by atoms with van der Waals surface area (Å²) in [5.74, 6) is 0. The van der Waals surface area contributed by atoms with Crippen molar-refractivity contribution >= 4 is 29.1 Å². The van der Waals surface area contributed by atoms with Gasteiger partial charge >= 0.3 is 0 Å². The van der Waals surface area contributed by atoms with Gasteiger partial charge in [-0.1, -0.05) is 104 Å². The standard InChI is InChI=1S/C45H43N5S/c1-6-11-31(12-7-2)32-17-21-34(22-18-32)43-48(3)44(35-23-19-33(20-24-35)36-13-9-25-46-30-36)50(5)45(49(43)4)38-27-37(28-39(51)29-38)40-14-8-16-42-41(40)15-10-26-47-42/h6-30,43-45,51H,1H2,2-5H3/b12-7-,31-11+. The summed E-state index contributed by atoms with van der Waals surface area (Å²) >= 11 is 4.97. The van der Waals surface area contributed by atoms with Crippen molar-refractivity contribution in [2.24, 2.45) is 0 Å². The number of rotatable bonds is 8. The van der Waals surface area contributed by atoms with Crippen LogP contribution in [0.2, 0.25) is 0 Å². The van der Waals surface area contributed by atoms with E-state index in [9.17, 15) is 0 Å². The van der Waals surface area contributed by atoms with Gasteiger partial charge in [-0.15, -0.1) is 12.6 Å². The van der Waals surface area contributed by atoms with E-state index in [4.69, 9.17) is 12.6 Å². The highest BCUT2D eigenvalue weighted by Gasteiger charge is 2.43. The number of benzene rings is 4. The van der Waals surface area contributed by atoms with E-state index in [1.807, 2.05) is 43.7 Å². The number of fused-ring (bicyclic) bond motifs is 1. The van der Waals surface area contributed by atoms with Gasteiger partial charge in [-0.25, -0.2) is 0 Å². The predicted octanol–water partition coefficient (Wildman–Crippen LogP) is 10.6. The zero-order valence-corrected chi connectivity index (χ0v) is 30.5. The molecule has 3 atom stereocenters. The highest BCUT2D eigenvalue weighted by Crippen LogP contribution is 2.47. The summed E-state index contributed by atoms with van der Waals surface area (Å²) in [4.78, 5) is 17.3. The molecule has 5 nitrogen and oxygen atoms in total. The van der Waals surface area contributed by atoms with Crippen molar-refractivity contribution in [1.82, 2.24) is 24.7 Å². The Labute approximate surface area is 307 Å². The summed E-state index contributed by atoms with van der Waals surface area (Å²) in [7, 11) is 6.69. The van der Waals surface area contributed by atoms with Gasteiger partial charge in [-0.3, -0.25) is 24.7 Å². The van der Waals surface area contributed by atoms with E-state index in [0.717, 1.165) is 49.2 Å². The van der Waals surface area contributed by atoms with Crippen molar-refractivity contribution in [1.29, 1.82) is 0 Å². The van der Waals surface area contributed by atoms with Gasteiger partial charge in [0.2, 0.25) is 0 Å². The molecule has 1 aliphatic heterocycles. The molecule has 3 heterocycles. The fourth-order valence-electron chi connectivity index (χ4n) is 7.75. The van der Waals surface area contributed by atoms with E-state index in [1.165, 1.54) is 16.7 Å². The van der Waals surface area contributed by atoms with Crippen LogP contribution in [-0.4, -0.2) is 45.8 Å². The number of aromatic nitrogens is 2. The molecule has 1 aliphatic rings. The third kappa shape index (κ3) is 6.84. The molecule has 1 saturated heterocycles. The second kappa shape index (κ2) is 15.0. The topological polar surface area (TPSA) is 35.5 Å². The molecule has 254 valence electrons. The van der Waals surface area contributed by atoms with Crippen LogP contribution in [0.25, 0.3) is 38.7 Å². The van der Waals surface area contributed by atoms with Crippen molar-refractivity contribution in [3.8, 4) is 22.3 Å². The molecule has 3 unspecified atom stereocenters. The third-order valence-electron chi connectivity index (χ3n) is 9.90. The summed E-state index contributed by atoms with van der Waals surface area (Å²) in [6.45, 7) is 5.97. The van der Waals surface area contributed by atoms with Crippen LogP contribution in [0.1, 0.15) is 47.7 Å². The normalized spacial score (nSPS) is 19.2. The van der Waals surface area contributed by atoms with E-state index >= 15 is 0 Å². The Balaban J connectivity index is 1.34. The predicted molar refractivity (Wildman–Crippen MR) is 215 cm³/mol. The zero-order valence-electron chi connectivity index (χ0n) is 29.6. The number of nitrogens with zero attached hydrogens (tertiary/aromatic N) is 5. The Hall–Kier alpha value is -5.11. The molecule has 0 N–H and O–H groups in total. The van der Waals surface area contributed by atoms with Crippen LogP contribution in [0.15, 0.2) is 164 Å². The Bertz CT molecular complexity index is 2200. The van der Waals surface area contributed by atoms with Gasteiger partial charge in [0.1, 0.15) is 0 Å². The maximum atomic E-state index is 4.97. The molecule has 6 heteroatoms. The molecule has 2 aromatic heterocycles. The smallest absolute Gasteiger partial charge is 0.0911 e. The minimum absolute atomic E-state index is 0.0214. The van der Waals surface area contributed by atoms with Crippen LogP contribution in [0.5, 0.6) is 0 Å². The number of hydrogen-bond donors (Lipinski definition) is 1. The molecule has 4 aromatic carbocycles. The van der Waals surface area contributed by atoms with Gasteiger partial charge in [-0.2, -0.15) is 0 Å². The molecule has 0 amide bonds. The molecule has 0 bridgehead atoms. The molecular weight excluding hydrogens is 643 g/mol. The first-order valence-corrected chi connectivity index (χ1v) is 17.7. The van der Waals surface area contributed by atoms with Crippen molar-refractivity contribution in [2.75, 3.05) is 21.1 Å². The summed E-state index contributed by atoms with van der Waals surface area (Å²) in [6.07, 6.45) is 13.6. The summed E-state index contributed by atoms with van der Waals surface area (Å²) < 4.78 is 0. The Morgan fingerprint density at radius 3 is 2.00 bits per heavy atom. The maximum absolute atomic E-state index is 4.97. The zero-order chi connectivity index (χ0) is 35.5. The van der Waals surface area contributed by atoms with Gasteiger partial charge < -0.3 is 0 Å². The van der Waals surface area contributed by atoms with E-state index in [2.05, 4.69) is 168 Å². The number of pyridine rings is 2. The van der Waals surface area contributed by atoms with Crippen LogP contribution in [0.4, 0.5) is 0 Å². The van der Waals surface area contributed by atoms with Crippen molar-refractivity contribution in [3.05, 3.63) is 181 Å². The van der Waals surface area contributed by atoms with Crippen molar-refractivity contribution in [3.63, 3.8) is 0 Å². The largest absolute Gasteiger partial charge is 0.267 e. The Kier molecular flexibility index (Phi) is 10.1. The van der Waals surface area contributed by atoms with Crippen molar-refractivity contribution < 1.29 is 0 Å². The molecule has 0 spiro atoms. The first-order chi connectivity index (χ1) is 24.9. The molecule has 1 fully saturated rings. The molecule has 0 radical (unpaired) electrons. The van der Waals surface area contributed by atoms with E-state index in [0.29, 0.717) is 0 Å². The highest BCUT2D eigenvalue weighted by atomic mass is 32.1. The van der Waals surface area contributed by atoms with E-state index < -0.39 is 0 Å². The Morgan fingerprint density at radius 1 is 0.686 bits per heavy atom. The monoisotopic (exact) mass is 685 g/mol. The average molecular weight is 686 g/mol. The van der Waals surface area contributed by atoms with Crippen molar-refractivity contribution in [2.45, 2.75) is 30.3 Å². The van der Waals surface area contributed by atoms with Crippen LogP contribution in [0, 0.1) is 0 Å². The summed E-state index contributed by atoms with van der Waals surface area (Å²) in [5.41, 5.74) is 11.4. The van der Waals surface area contributed by atoms with Crippen LogP contribution >= 0.6 is 12.6 Å². The molecule has 7 rings (SSSR count). The van der Waals surface area contributed by atoms with Gasteiger partial charge in [0.25, 0.3) is 0 Å². The Morgan fingerprint density at radius 2 is 1.35 bits per heavy atom. The summed E-state index contributed by atoms with van der Waals surface area (Å²) in [5, 5.41) is 1.13. The second-order valence-corrected chi connectivity index (χ2v) is 13.7. The lowest BCUT2D eigenvalue weighted by molar-refractivity contribution is -0.151. The SMILES string of the molecule is C=C/C=C(\C=C/C)c1ccc(C2N(C)C(c3ccc(-c4cccnc4)cc3)N(C)C(c3cc(S)cc(-c4cccc5ncccc45)c3)N2C)cc1. The fourth-order valence-corrected chi connectivity index (χ4v) is 8.04. The lowest BCUT2D eigenvalue weighted by Crippen LogP contribution is -2.55. The summed E-state index contributed by atoms with van der Waals surface area (Å²) in [6, 6.07) is 39.2. The van der Waals surface area contributed by atoms with Gasteiger partial charge in [0, 0.05) is 28.9 Å². The lowest BCUT2D eigenvalue weighted by Gasteiger charge is -2.55. The molecular formula is C45H43N5S. The van der Waals surface area contributed by atoms with Gasteiger partial charge in [0.15, 0.2) is 0 Å². The minimum atomic E-state index is -0.0629. The van der Waals surface area contributed by atoms with Crippen LogP contribution < -0.4 is 0 Å². The molecule has 0 saturated carbocycles. The quantitative estimate of drug-likeness (QED) is 0.127. The second-order valence-electron chi connectivity index (χ2n) is 13.1. The van der Waals surface area contributed by atoms with E-state index in [-0.39, 0.29) is 18.5 Å². The van der Waals surface area contributed by atoms with Crippen LogP contribution in [-0.2, 0) is 0 Å². The van der Waals surface area contributed by atoms with Gasteiger partial charge in [0.05, 0.1) is 24.0 Å². The first kappa shape index (κ1) is 34.3. The molecule has 51 heavy (non-hydrogen) atoms. The van der Waals surface area contributed by atoms with Crippen LogP contribution in [0.3, 0.4) is 0 Å². The fraction of sp³-hybridized carbons (Fsp3) is 0.156. The minimum Gasteiger partial charge on any atom is -0.267 e. The average Bonchev–Trinajstić information content (AvgIpc) is 3.15. The van der Waals surface area contributed by atoms with E-state index in [1.54, 1.807) is 0 Å². The maximum Gasteiger partial charge on any atom is 0.0911 e. The molecule has 6 aromatic rings. The molecule has 0 aliphatic carbocycles. The first-order valence-electron chi connectivity index (χ1n) is 17.3. The number of hydrogen-bond acceptors (Lipinski definition) is 6.